The van der Waals surface area contributed by atoms with Crippen LogP contribution in [-0.4, -0.2) is 119 Å². The highest BCUT2D eigenvalue weighted by molar-refractivity contribution is 8.14. The van der Waals surface area contributed by atoms with Crippen LogP contribution < -0.4 is 21.7 Å². The molecule has 1 aliphatic rings. The van der Waals surface area contributed by atoms with Gasteiger partial charge in [-0.25, -0.2) is 0 Å². The standard InChI is InChI=1S/C50H90N4O13S/c1-7-9-11-13-15-17-18-19-20-22-24-26-28-30-42(58)66-38(29-27-25-23-21-16-14-12-10-8-2)33-43(59)68-50-44(53-37(5)56)46(45(60)40(34-55)67-50)65-36(4)49(63)52-35(3)48(62)54-39(47(51)61)31-32-41(57)64-6/h35-36,38-40,44-46,50,55,60H,7-34H2,1-6H3,(H2,51,61)(H,52,63)(H,53,56)(H,54,62)/t35-,36?,38+,39+,40+,44+,45+,46-,50-/m0/s1. The van der Waals surface area contributed by atoms with Crippen LogP contribution in [0, 0.1) is 0 Å². The van der Waals surface area contributed by atoms with Crippen molar-refractivity contribution in [3.05, 3.63) is 0 Å². The molecule has 17 nitrogen and oxygen atoms in total. The van der Waals surface area contributed by atoms with E-state index >= 15 is 0 Å². The number of aliphatic hydroxyl groups excluding tert-OH is 2. The summed E-state index contributed by atoms with van der Waals surface area (Å²) in [6.45, 7) is 7.66. The van der Waals surface area contributed by atoms with Crippen LogP contribution in [0.15, 0.2) is 0 Å². The van der Waals surface area contributed by atoms with E-state index in [0.717, 1.165) is 56.7 Å². The second kappa shape index (κ2) is 38.4. The Labute approximate surface area is 411 Å². The maximum atomic E-state index is 13.8. The molecule has 1 heterocycles. The van der Waals surface area contributed by atoms with E-state index in [4.69, 9.17) is 19.9 Å². The van der Waals surface area contributed by atoms with Crippen molar-refractivity contribution in [3.63, 3.8) is 0 Å². The minimum absolute atomic E-state index is 0.127. The Kier molecular flexibility index (Phi) is 35.4. The summed E-state index contributed by atoms with van der Waals surface area (Å²) < 4.78 is 22.5. The molecule has 1 saturated heterocycles. The lowest BCUT2D eigenvalue weighted by Crippen LogP contribution is -2.65. The molecule has 0 aromatic rings. The number of hydrogen-bond acceptors (Lipinski definition) is 14. The van der Waals surface area contributed by atoms with Crippen LogP contribution in [0.5, 0.6) is 0 Å². The topological polar surface area (TPSA) is 259 Å². The monoisotopic (exact) mass is 987 g/mol. The quantitative estimate of drug-likeness (QED) is 0.0275. The van der Waals surface area contributed by atoms with Gasteiger partial charge in [0.2, 0.25) is 23.6 Å². The summed E-state index contributed by atoms with van der Waals surface area (Å²) >= 11 is 0.721. The van der Waals surface area contributed by atoms with Gasteiger partial charge in [-0.3, -0.25) is 33.6 Å². The zero-order valence-electron chi connectivity index (χ0n) is 42.4. The van der Waals surface area contributed by atoms with Gasteiger partial charge in [0, 0.05) is 19.8 Å². The molecule has 1 rings (SSSR count). The van der Waals surface area contributed by atoms with E-state index in [2.05, 4.69) is 34.5 Å². The smallest absolute Gasteiger partial charge is 0.306 e. The van der Waals surface area contributed by atoms with E-state index in [-0.39, 0.29) is 31.7 Å². The lowest BCUT2D eigenvalue weighted by Gasteiger charge is -2.44. The molecule has 9 atom stereocenters. The Bertz CT molecular complexity index is 1460. The van der Waals surface area contributed by atoms with Gasteiger partial charge in [0.15, 0.2) is 5.12 Å². The number of carbonyl (C=O) groups excluding carboxylic acids is 7. The van der Waals surface area contributed by atoms with Gasteiger partial charge in [0.25, 0.3) is 0 Å². The molecule has 7 N–H and O–H groups in total. The molecule has 0 radical (unpaired) electrons. The van der Waals surface area contributed by atoms with Crippen LogP contribution in [0.25, 0.3) is 0 Å². The molecule has 0 spiro atoms. The Balaban J connectivity index is 2.97. The summed E-state index contributed by atoms with van der Waals surface area (Å²) in [4.78, 5) is 89.2. The van der Waals surface area contributed by atoms with Crippen molar-refractivity contribution < 1.29 is 62.7 Å². The van der Waals surface area contributed by atoms with Crippen molar-refractivity contribution in [1.29, 1.82) is 0 Å². The summed E-state index contributed by atoms with van der Waals surface area (Å²) in [7, 11) is 1.18. The van der Waals surface area contributed by atoms with E-state index < -0.39 is 95.4 Å². The predicted octanol–water partition coefficient (Wildman–Crippen LogP) is 6.73. The molecule has 4 amide bonds. The lowest BCUT2D eigenvalue weighted by molar-refractivity contribution is -0.200. The SMILES string of the molecule is CCCCCCCCCCCCCCCC(=O)O[C@H](CCCCCCCCCCC)CC(=O)S[C@@H]1O[C@H](CO)[C@@H](O)[C@@H](OC(C)C(=O)N[C@@H](C)C(=O)N[C@H](CCC(=O)OC)C(N)=O)[C@H]1NC(C)=O. The Morgan fingerprint density at radius 2 is 1.21 bits per heavy atom. The fraction of sp³-hybridized carbons (Fsp3) is 0.860. The van der Waals surface area contributed by atoms with Gasteiger partial charge in [0.05, 0.1) is 26.2 Å². The lowest BCUT2D eigenvalue weighted by atomic mass is 9.97. The Morgan fingerprint density at radius 3 is 1.69 bits per heavy atom. The van der Waals surface area contributed by atoms with Crippen molar-refractivity contribution in [2.45, 2.75) is 262 Å². The van der Waals surface area contributed by atoms with Gasteiger partial charge in [-0.2, -0.15) is 0 Å². The fourth-order valence-corrected chi connectivity index (χ4v) is 9.25. The molecular formula is C50H90N4O13S. The number of carbonyl (C=O) groups is 7. The zero-order valence-corrected chi connectivity index (χ0v) is 43.2. The average molecular weight is 987 g/mol. The van der Waals surface area contributed by atoms with E-state index in [1.165, 1.54) is 118 Å². The van der Waals surface area contributed by atoms with Crippen LogP contribution in [0.4, 0.5) is 0 Å². The molecular weight excluding hydrogens is 897 g/mol. The first-order chi connectivity index (χ1) is 32.6. The number of hydrogen-bond donors (Lipinski definition) is 6. The highest BCUT2D eigenvalue weighted by Gasteiger charge is 2.48. The van der Waals surface area contributed by atoms with Crippen LogP contribution in [0.1, 0.15) is 208 Å². The van der Waals surface area contributed by atoms with Crippen molar-refractivity contribution in [1.82, 2.24) is 16.0 Å². The first-order valence-corrected chi connectivity index (χ1v) is 26.7. The minimum atomic E-state index is -1.57. The molecule has 68 heavy (non-hydrogen) atoms. The normalized spacial score (nSPS) is 19.8. The number of ether oxygens (including phenoxy) is 4. The van der Waals surface area contributed by atoms with E-state index in [1.807, 2.05) is 0 Å². The predicted molar refractivity (Wildman–Crippen MR) is 263 cm³/mol. The number of methoxy groups -OCH3 is 1. The van der Waals surface area contributed by atoms with Gasteiger partial charge in [-0.1, -0.05) is 154 Å². The highest BCUT2D eigenvalue weighted by atomic mass is 32.2. The number of thioether (sulfide) groups is 1. The maximum absolute atomic E-state index is 13.8. The maximum Gasteiger partial charge on any atom is 0.306 e. The summed E-state index contributed by atoms with van der Waals surface area (Å²) in [5.41, 5.74) is 4.20. The first-order valence-electron chi connectivity index (χ1n) is 25.8. The largest absolute Gasteiger partial charge is 0.469 e. The molecule has 0 bridgehead atoms. The van der Waals surface area contributed by atoms with Gasteiger partial charge < -0.3 is 50.8 Å². The molecule has 0 aliphatic carbocycles. The second-order valence-electron chi connectivity index (χ2n) is 18.4. The Hall–Kier alpha value is -3.32. The molecule has 1 fully saturated rings. The number of rotatable bonds is 40. The van der Waals surface area contributed by atoms with E-state index in [9.17, 15) is 43.8 Å². The first kappa shape index (κ1) is 62.7. The summed E-state index contributed by atoms with van der Waals surface area (Å²) in [5.74, 6) is -3.99. The number of unbranched alkanes of at least 4 members (excludes halogenated alkanes) is 20. The van der Waals surface area contributed by atoms with Crippen molar-refractivity contribution in [3.8, 4) is 0 Å². The molecule has 394 valence electrons. The summed E-state index contributed by atoms with van der Waals surface area (Å²) in [5, 5.41) is 28.6. The summed E-state index contributed by atoms with van der Waals surface area (Å²) in [6.07, 6.45) is 19.5. The third-order valence-corrected chi connectivity index (χ3v) is 13.4. The molecule has 0 aromatic heterocycles. The van der Waals surface area contributed by atoms with Gasteiger partial charge in [0.1, 0.15) is 48.0 Å². The van der Waals surface area contributed by atoms with Crippen LogP contribution in [0.2, 0.25) is 0 Å². The van der Waals surface area contributed by atoms with Gasteiger partial charge >= 0.3 is 11.9 Å². The highest BCUT2D eigenvalue weighted by Crippen LogP contribution is 2.33. The fourth-order valence-electron chi connectivity index (χ4n) is 8.14. The molecule has 0 aromatic carbocycles. The van der Waals surface area contributed by atoms with Crippen molar-refractivity contribution in [2.75, 3.05) is 13.7 Å². The summed E-state index contributed by atoms with van der Waals surface area (Å²) in [6, 6.07) is -3.63. The number of primary amides is 1. The van der Waals surface area contributed by atoms with Crippen LogP contribution in [0.3, 0.4) is 0 Å². The third kappa shape index (κ3) is 28.4. The van der Waals surface area contributed by atoms with Crippen molar-refractivity contribution in [2.24, 2.45) is 5.73 Å². The van der Waals surface area contributed by atoms with E-state index in [0.29, 0.717) is 12.8 Å². The minimum Gasteiger partial charge on any atom is -0.469 e. The Morgan fingerprint density at radius 1 is 0.691 bits per heavy atom. The molecule has 1 unspecified atom stereocenters. The van der Waals surface area contributed by atoms with E-state index in [1.54, 1.807) is 0 Å². The molecule has 18 heteroatoms. The van der Waals surface area contributed by atoms with Crippen molar-refractivity contribution >= 4 is 52.4 Å². The van der Waals surface area contributed by atoms with Gasteiger partial charge in [-0.15, -0.1) is 0 Å². The number of esters is 2. The van der Waals surface area contributed by atoms with Gasteiger partial charge in [-0.05, 0) is 39.5 Å². The van der Waals surface area contributed by atoms with Crippen LogP contribution in [-0.2, 0) is 52.5 Å². The average Bonchev–Trinajstić information content (AvgIpc) is 3.29. The van der Waals surface area contributed by atoms with Crippen LogP contribution >= 0.6 is 11.8 Å². The molecule has 0 saturated carbocycles. The number of amides is 4. The third-order valence-electron chi connectivity index (χ3n) is 12.3. The number of nitrogens with two attached hydrogens (primary N) is 1. The number of aliphatic hydroxyl groups is 2. The number of nitrogens with one attached hydrogen (secondary N) is 3. The molecule has 1 aliphatic heterocycles. The zero-order chi connectivity index (χ0) is 50.7. The second-order valence-corrected chi connectivity index (χ2v) is 19.6.